The number of hydrogen-bond acceptors (Lipinski definition) is 5. The van der Waals surface area contributed by atoms with E-state index in [1.807, 2.05) is 64.1 Å². The van der Waals surface area contributed by atoms with Gasteiger partial charge in [0.15, 0.2) is 5.78 Å². The number of nitrogens with zero attached hydrogens (tertiary/aromatic N) is 2. The quantitative estimate of drug-likeness (QED) is 0.299. The highest BCUT2D eigenvalue weighted by Gasteiger charge is 2.45. The van der Waals surface area contributed by atoms with E-state index in [4.69, 9.17) is 10.5 Å². The first-order valence-electron chi connectivity index (χ1n) is 13.8. The third kappa shape index (κ3) is 5.94. The molecule has 222 valence electrons. The largest absolute Gasteiger partial charge is 0.489 e. The lowest BCUT2D eigenvalue weighted by Crippen LogP contribution is -2.42. The van der Waals surface area contributed by atoms with Crippen molar-refractivity contribution in [1.82, 2.24) is 0 Å². The molecule has 2 aliphatic rings. The minimum absolute atomic E-state index is 0.102. The van der Waals surface area contributed by atoms with E-state index in [1.165, 1.54) is 12.1 Å². The molecular weight excluding hydrogens is 619 g/mol. The lowest BCUT2D eigenvalue weighted by molar-refractivity contribution is -0.137. The first-order valence-corrected chi connectivity index (χ1v) is 14.6. The SMILES string of the molecule is Cc1cc(COc2ccc(Br)cc2)c(C)c(C2C(C#N)=C(N)N(c3ccc(C(F)(F)F)cc3)C3=C2C(=O)CC(C)(C)C3)c1. The van der Waals surface area contributed by atoms with Crippen molar-refractivity contribution >= 4 is 27.4 Å². The molecule has 0 bridgehead atoms. The molecule has 1 heterocycles. The molecule has 0 saturated heterocycles. The Kier molecular flexibility index (Phi) is 7.95. The van der Waals surface area contributed by atoms with Gasteiger partial charge in [-0.3, -0.25) is 9.69 Å². The van der Waals surface area contributed by atoms with Gasteiger partial charge in [-0.1, -0.05) is 47.5 Å². The first-order chi connectivity index (χ1) is 20.2. The van der Waals surface area contributed by atoms with Gasteiger partial charge in [0.05, 0.1) is 23.1 Å². The number of alkyl halides is 3. The number of ketones is 1. The average Bonchev–Trinajstić information content (AvgIpc) is 2.92. The molecule has 43 heavy (non-hydrogen) atoms. The van der Waals surface area contributed by atoms with Crippen LogP contribution in [0, 0.1) is 30.6 Å². The van der Waals surface area contributed by atoms with Gasteiger partial charge in [-0.2, -0.15) is 18.4 Å². The van der Waals surface area contributed by atoms with Crippen molar-refractivity contribution in [3.05, 3.63) is 116 Å². The van der Waals surface area contributed by atoms with Crippen molar-refractivity contribution in [2.24, 2.45) is 11.1 Å². The van der Waals surface area contributed by atoms with E-state index in [2.05, 4.69) is 22.0 Å². The van der Waals surface area contributed by atoms with E-state index >= 15 is 0 Å². The summed E-state index contributed by atoms with van der Waals surface area (Å²) < 4.78 is 47.0. The lowest BCUT2D eigenvalue weighted by atomic mass is 9.68. The van der Waals surface area contributed by atoms with Gasteiger partial charge in [0.2, 0.25) is 0 Å². The lowest BCUT2D eigenvalue weighted by Gasteiger charge is -2.44. The number of allylic oxidation sites excluding steroid dienone is 3. The normalized spacial score (nSPS) is 18.4. The van der Waals surface area contributed by atoms with Crippen molar-refractivity contribution in [1.29, 1.82) is 5.26 Å². The highest BCUT2D eigenvalue weighted by molar-refractivity contribution is 9.10. The average molecular weight is 651 g/mol. The predicted molar refractivity (Wildman–Crippen MR) is 163 cm³/mol. The highest BCUT2D eigenvalue weighted by atomic mass is 79.9. The van der Waals surface area contributed by atoms with Gasteiger partial charge in [-0.25, -0.2) is 0 Å². The number of rotatable bonds is 5. The van der Waals surface area contributed by atoms with E-state index in [0.717, 1.165) is 38.9 Å². The molecule has 0 fully saturated rings. The zero-order valence-corrected chi connectivity index (χ0v) is 25.9. The molecule has 3 aromatic rings. The maximum absolute atomic E-state index is 13.9. The Bertz CT molecular complexity index is 1700. The predicted octanol–water partition coefficient (Wildman–Crippen LogP) is 8.60. The molecule has 2 N–H and O–H groups in total. The molecule has 0 radical (unpaired) electrons. The van der Waals surface area contributed by atoms with Gasteiger partial charge in [0.1, 0.15) is 18.2 Å². The molecule has 0 amide bonds. The zero-order chi connectivity index (χ0) is 31.3. The molecule has 1 aliphatic heterocycles. The van der Waals surface area contributed by atoms with E-state index in [-0.39, 0.29) is 30.2 Å². The fraction of sp³-hybridized carbons (Fsp3) is 0.294. The highest BCUT2D eigenvalue weighted by Crippen LogP contribution is 2.51. The summed E-state index contributed by atoms with van der Waals surface area (Å²) in [4.78, 5) is 15.5. The van der Waals surface area contributed by atoms with Crippen molar-refractivity contribution in [2.75, 3.05) is 4.90 Å². The molecule has 3 aromatic carbocycles. The Labute approximate surface area is 257 Å². The summed E-state index contributed by atoms with van der Waals surface area (Å²) in [7, 11) is 0. The van der Waals surface area contributed by atoms with Crippen LogP contribution < -0.4 is 15.4 Å². The summed E-state index contributed by atoms with van der Waals surface area (Å²) >= 11 is 3.43. The maximum Gasteiger partial charge on any atom is 0.416 e. The Morgan fingerprint density at radius 2 is 1.72 bits per heavy atom. The smallest absolute Gasteiger partial charge is 0.416 e. The van der Waals surface area contributed by atoms with Crippen LogP contribution in [0.5, 0.6) is 5.75 Å². The van der Waals surface area contributed by atoms with E-state index in [9.17, 15) is 23.2 Å². The van der Waals surface area contributed by atoms with Crippen molar-refractivity contribution < 1.29 is 22.7 Å². The summed E-state index contributed by atoms with van der Waals surface area (Å²) in [5, 5.41) is 10.5. The minimum Gasteiger partial charge on any atom is -0.489 e. The minimum atomic E-state index is -4.50. The molecule has 5 nitrogen and oxygen atoms in total. The Balaban J connectivity index is 1.65. The molecule has 1 aliphatic carbocycles. The van der Waals surface area contributed by atoms with Gasteiger partial charge >= 0.3 is 6.18 Å². The monoisotopic (exact) mass is 649 g/mol. The van der Waals surface area contributed by atoms with Crippen LogP contribution in [0.25, 0.3) is 0 Å². The van der Waals surface area contributed by atoms with E-state index < -0.39 is 23.1 Å². The summed E-state index contributed by atoms with van der Waals surface area (Å²) in [6.45, 7) is 8.12. The van der Waals surface area contributed by atoms with Crippen LogP contribution in [0.15, 0.2) is 87.8 Å². The number of benzene rings is 3. The summed E-state index contributed by atoms with van der Waals surface area (Å²) in [6, 6.07) is 18.4. The van der Waals surface area contributed by atoms with Gasteiger partial charge in [-0.05, 0) is 90.9 Å². The van der Waals surface area contributed by atoms with Crippen LogP contribution >= 0.6 is 15.9 Å². The van der Waals surface area contributed by atoms with Crippen LogP contribution in [-0.2, 0) is 17.6 Å². The number of carbonyl (C=O) groups excluding carboxylic acids is 1. The van der Waals surface area contributed by atoms with Crippen molar-refractivity contribution in [2.45, 2.75) is 59.2 Å². The number of anilines is 1. The second-order valence-corrected chi connectivity index (χ2v) is 12.8. The first kappa shape index (κ1) is 30.4. The standard InChI is InChI=1S/C34H31BrF3N3O2/c1-19-13-21(18-43-25-11-7-23(35)8-12-25)20(2)26(14-19)30-27(17-39)32(40)41(24-9-5-22(6-10-24)34(36,37)38)28-15-33(3,4)16-29(42)31(28)30/h5-14,30H,15-16,18,40H2,1-4H3. The Morgan fingerprint density at radius 1 is 1.07 bits per heavy atom. The molecule has 0 saturated carbocycles. The Hall–Kier alpha value is -4.03. The third-order valence-corrected chi connectivity index (χ3v) is 8.58. The molecule has 1 unspecified atom stereocenters. The van der Waals surface area contributed by atoms with Crippen LogP contribution in [0.4, 0.5) is 18.9 Å². The summed E-state index contributed by atoms with van der Waals surface area (Å²) in [5.74, 6) is -0.0280. The number of nitriles is 1. The molecule has 0 aromatic heterocycles. The molecule has 9 heteroatoms. The maximum atomic E-state index is 13.9. The second kappa shape index (κ2) is 11.2. The van der Waals surface area contributed by atoms with Crippen LogP contribution in [0.3, 0.4) is 0 Å². The second-order valence-electron chi connectivity index (χ2n) is 11.9. The number of nitrogens with two attached hydrogens (primary N) is 1. The number of halogens is 4. The van der Waals surface area contributed by atoms with E-state index in [1.54, 1.807) is 4.90 Å². The van der Waals surface area contributed by atoms with Gasteiger partial charge in [-0.15, -0.1) is 0 Å². The van der Waals surface area contributed by atoms with Crippen LogP contribution in [-0.4, -0.2) is 5.78 Å². The molecule has 0 spiro atoms. The van der Waals surface area contributed by atoms with E-state index in [0.29, 0.717) is 29.1 Å². The number of Topliss-reactive ketones (excluding diaryl/α,β-unsaturated/α-hetero) is 1. The van der Waals surface area contributed by atoms with Crippen molar-refractivity contribution in [3.8, 4) is 11.8 Å². The van der Waals surface area contributed by atoms with Gasteiger partial charge < -0.3 is 10.5 Å². The number of aryl methyl sites for hydroxylation is 1. The van der Waals surface area contributed by atoms with Crippen LogP contribution in [0.1, 0.15) is 60.4 Å². The fourth-order valence-electron chi connectivity index (χ4n) is 6.02. The molecule has 1 atom stereocenters. The van der Waals surface area contributed by atoms with Crippen LogP contribution in [0.2, 0.25) is 0 Å². The van der Waals surface area contributed by atoms with Crippen molar-refractivity contribution in [3.63, 3.8) is 0 Å². The molecule has 5 rings (SSSR count). The number of ether oxygens (including phenoxy) is 1. The Morgan fingerprint density at radius 3 is 2.33 bits per heavy atom. The van der Waals surface area contributed by atoms with Gasteiger partial charge in [0.25, 0.3) is 0 Å². The number of hydrogen-bond donors (Lipinski definition) is 1. The fourth-order valence-corrected chi connectivity index (χ4v) is 6.28. The van der Waals surface area contributed by atoms with Gasteiger partial charge in [0, 0.05) is 27.9 Å². The third-order valence-electron chi connectivity index (χ3n) is 8.05. The number of carbonyl (C=O) groups is 1. The summed E-state index contributed by atoms with van der Waals surface area (Å²) in [5.41, 5.74) is 10.6. The topological polar surface area (TPSA) is 79.3 Å². The summed E-state index contributed by atoms with van der Waals surface area (Å²) in [6.07, 6.45) is -3.78. The zero-order valence-electron chi connectivity index (χ0n) is 24.3. The molecular formula is C34H31BrF3N3O2.